The standard InChI is InChI=1S/C19H21N7/c1-2-5-15-14(4-1)22-17(23-15)12-26-18(13-25-10-8-20-9-11-25)24-16-6-3-7-21-19(16)26/h1-7,20H,8-13H2,(H,22,23). The first-order valence-electron chi connectivity index (χ1n) is 9.04. The summed E-state index contributed by atoms with van der Waals surface area (Å²) in [7, 11) is 0. The first kappa shape index (κ1) is 15.5. The third-order valence-electron chi connectivity index (χ3n) is 4.90. The van der Waals surface area contributed by atoms with Crippen molar-refractivity contribution in [3.63, 3.8) is 0 Å². The molecule has 3 aromatic heterocycles. The van der Waals surface area contributed by atoms with Crippen molar-refractivity contribution in [2.75, 3.05) is 26.2 Å². The molecule has 5 rings (SSSR count). The fourth-order valence-electron chi connectivity index (χ4n) is 3.59. The number of piperazine rings is 1. The van der Waals surface area contributed by atoms with Crippen LogP contribution in [0.25, 0.3) is 22.2 Å². The molecule has 1 fully saturated rings. The number of rotatable bonds is 4. The fraction of sp³-hybridized carbons (Fsp3) is 0.316. The summed E-state index contributed by atoms with van der Waals surface area (Å²) >= 11 is 0. The quantitative estimate of drug-likeness (QED) is 0.588. The van der Waals surface area contributed by atoms with E-state index in [2.05, 4.69) is 30.8 Å². The number of aromatic amines is 1. The van der Waals surface area contributed by atoms with Crippen LogP contribution in [0.4, 0.5) is 0 Å². The van der Waals surface area contributed by atoms with E-state index in [1.54, 1.807) is 0 Å². The second kappa shape index (κ2) is 6.51. The highest BCUT2D eigenvalue weighted by Crippen LogP contribution is 2.18. The number of H-pyrrole nitrogens is 1. The number of fused-ring (bicyclic) bond motifs is 2. The van der Waals surface area contributed by atoms with Gasteiger partial charge in [-0.2, -0.15) is 0 Å². The highest BCUT2D eigenvalue weighted by Gasteiger charge is 2.17. The van der Waals surface area contributed by atoms with Gasteiger partial charge >= 0.3 is 0 Å². The van der Waals surface area contributed by atoms with Gasteiger partial charge in [-0.15, -0.1) is 0 Å². The molecular weight excluding hydrogens is 326 g/mol. The van der Waals surface area contributed by atoms with Gasteiger partial charge in [0.15, 0.2) is 5.65 Å². The van der Waals surface area contributed by atoms with Crippen molar-refractivity contribution in [2.24, 2.45) is 0 Å². The van der Waals surface area contributed by atoms with Gasteiger partial charge in [-0.3, -0.25) is 4.90 Å². The number of imidazole rings is 2. The van der Waals surface area contributed by atoms with Gasteiger partial charge in [0.05, 0.1) is 24.1 Å². The topological polar surface area (TPSA) is 74.7 Å². The van der Waals surface area contributed by atoms with E-state index < -0.39 is 0 Å². The molecule has 132 valence electrons. The number of hydrogen-bond acceptors (Lipinski definition) is 5. The van der Waals surface area contributed by atoms with E-state index in [9.17, 15) is 0 Å². The maximum absolute atomic E-state index is 4.85. The van der Waals surface area contributed by atoms with Crippen molar-refractivity contribution in [3.05, 3.63) is 54.2 Å². The van der Waals surface area contributed by atoms with E-state index in [4.69, 9.17) is 9.97 Å². The molecule has 0 bridgehead atoms. The van der Waals surface area contributed by atoms with Crippen molar-refractivity contribution in [2.45, 2.75) is 13.1 Å². The molecule has 7 nitrogen and oxygen atoms in total. The Morgan fingerprint density at radius 3 is 2.65 bits per heavy atom. The SMILES string of the molecule is c1ccc2[nH]c(Cn3c(CN4CCNCC4)nc4cccnc43)nc2c1. The van der Waals surface area contributed by atoms with Gasteiger partial charge in [0.2, 0.25) is 0 Å². The number of nitrogens with one attached hydrogen (secondary N) is 2. The van der Waals surface area contributed by atoms with Crippen LogP contribution in [0.3, 0.4) is 0 Å². The van der Waals surface area contributed by atoms with Gasteiger partial charge in [0.1, 0.15) is 17.2 Å². The molecule has 0 radical (unpaired) electrons. The molecule has 4 heterocycles. The summed E-state index contributed by atoms with van der Waals surface area (Å²) < 4.78 is 2.19. The van der Waals surface area contributed by atoms with Crippen LogP contribution in [-0.4, -0.2) is 55.6 Å². The van der Waals surface area contributed by atoms with Gasteiger partial charge in [-0.25, -0.2) is 15.0 Å². The first-order chi connectivity index (χ1) is 12.9. The van der Waals surface area contributed by atoms with Crippen LogP contribution in [0.1, 0.15) is 11.6 Å². The van der Waals surface area contributed by atoms with Crippen molar-refractivity contribution in [1.82, 2.24) is 34.7 Å². The summed E-state index contributed by atoms with van der Waals surface area (Å²) in [5, 5.41) is 3.40. The average molecular weight is 347 g/mol. The van der Waals surface area contributed by atoms with Gasteiger partial charge < -0.3 is 14.9 Å². The largest absolute Gasteiger partial charge is 0.340 e. The van der Waals surface area contributed by atoms with E-state index in [1.165, 1.54) is 0 Å². The Labute approximate surface area is 151 Å². The lowest BCUT2D eigenvalue weighted by Gasteiger charge is -2.26. The molecule has 0 spiro atoms. The monoisotopic (exact) mass is 347 g/mol. The number of pyridine rings is 1. The van der Waals surface area contributed by atoms with Crippen LogP contribution in [0.5, 0.6) is 0 Å². The summed E-state index contributed by atoms with van der Waals surface area (Å²) in [6.07, 6.45) is 1.83. The van der Waals surface area contributed by atoms with Crippen LogP contribution < -0.4 is 5.32 Å². The second-order valence-electron chi connectivity index (χ2n) is 6.69. The second-order valence-corrected chi connectivity index (χ2v) is 6.69. The van der Waals surface area contributed by atoms with Crippen molar-refractivity contribution in [1.29, 1.82) is 0 Å². The maximum atomic E-state index is 4.85. The van der Waals surface area contributed by atoms with Gasteiger partial charge in [-0.1, -0.05) is 12.1 Å². The number of nitrogens with zero attached hydrogens (tertiary/aromatic N) is 5. The molecule has 1 aliphatic rings. The minimum Gasteiger partial charge on any atom is -0.340 e. The summed E-state index contributed by atoms with van der Waals surface area (Å²) in [5.74, 6) is 1.97. The Bertz CT molecular complexity index is 1010. The molecule has 0 saturated carbocycles. The Balaban J connectivity index is 1.52. The zero-order valence-electron chi connectivity index (χ0n) is 14.5. The molecule has 26 heavy (non-hydrogen) atoms. The molecule has 1 aromatic carbocycles. The molecule has 0 aliphatic carbocycles. The number of para-hydroxylation sites is 2. The number of aromatic nitrogens is 5. The van der Waals surface area contributed by atoms with Crippen LogP contribution >= 0.6 is 0 Å². The van der Waals surface area contributed by atoms with E-state index in [0.717, 1.165) is 66.6 Å². The minimum atomic E-state index is 0.642. The molecule has 7 heteroatoms. The normalized spacial score (nSPS) is 15.8. The average Bonchev–Trinajstić information content (AvgIpc) is 3.24. The Morgan fingerprint density at radius 2 is 1.77 bits per heavy atom. The van der Waals surface area contributed by atoms with Gasteiger partial charge in [0, 0.05) is 32.4 Å². The van der Waals surface area contributed by atoms with E-state index in [1.807, 2.05) is 36.5 Å². The number of hydrogen-bond donors (Lipinski definition) is 2. The van der Waals surface area contributed by atoms with E-state index in [0.29, 0.717) is 6.54 Å². The lowest BCUT2D eigenvalue weighted by Crippen LogP contribution is -2.43. The summed E-state index contributed by atoms with van der Waals surface area (Å²) in [4.78, 5) is 20.0. The smallest absolute Gasteiger partial charge is 0.160 e. The Morgan fingerprint density at radius 1 is 0.923 bits per heavy atom. The van der Waals surface area contributed by atoms with Crippen LogP contribution in [-0.2, 0) is 13.1 Å². The van der Waals surface area contributed by atoms with E-state index >= 15 is 0 Å². The van der Waals surface area contributed by atoms with Crippen LogP contribution in [0.15, 0.2) is 42.6 Å². The molecule has 4 aromatic rings. The highest BCUT2D eigenvalue weighted by atomic mass is 15.2. The molecule has 0 amide bonds. The third-order valence-corrected chi connectivity index (χ3v) is 4.90. The third kappa shape index (κ3) is 2.85. The molecule has 1 aliphatic heterocycles. The van der Waals surface area contributed by atoms with Gasteiger partial charge in [-0.05, 0) is 24.3 Å². The van der Waals surface area contributed by atoms with E-state index in [-0.39, 0.29) is 0 Å². The molecular formula is C19H21N7. The van der Waals surface area contributed by atoms with Crippen molar-refractivity contribution >= 4 is 22.2 Å². The maximum Gasteiger partial charge on any atom is 0.160 e. The first-order valence-corrected chi connectivity index (χ1v) is 9.04. The lowest BCUT2D eigenvalue weighted by atomic mass is 10.3. The number of benzene rings is 1. The molecule has 0 unspecified atom stereocenters. The zero-order valence-corrected chi connectivity index (χ0v) is 14.5. The molecule has 2 N–H and O–H groups in total. The van der Waals surface area contributed by atoms with Crippen LogP contribution in [0.2, 0.25) is 0 Å². The minimum absolute atomic E-state index is 0.642. The summed E-state index contributed by atoms with van der Waals surface area (Å²) in [6.45, 7) is 5.62. The summed E-state index contributed by atoms with van der Waals surface area (Å²) in [5.41, 5.74) is 3.90. The van der Waals surface area contributed by atoms with Crippen LogP contribution in [0, 0.1) is 0 Å². The Kier molecular flexibility index (Phi) is 3.88. The summed E-state index contributed by atoms with van der Waals surface area (Å²) in [6, 6.07) is 12.1. The predicted molar refractivity (Wildman–Crippen MR) is 101 cm³/mol. The fourth-order valence-corrected chi connectivity index (χ4v) is 3.59. The van der Waals surface area contributed by atoms with Crippen molar-refractivity contribution < 1.29 is 0 Å². The van der Waals surface area contributed by atoms with Gasteiger partial charge in [0.25, 0.3) is 0 Å². The highest BCUT2D eigenvalue weighted by molar-refractivity contribution is 5.75. The van der Waals surface area contributed by atoms with Crippen molar-refractivity contribution in [3.8, 4) is 0 Å². The Hall–Kier alpha value is -2.77. The molecule has 1 saturated heterocycles. The predicted octanol–water partition coefficient (Wildman–Crippen LogP) is 1.76. The lowest BCUT2D eigenvalue weighted by molar-refractivity contribution is 0.225. The zero-order chi connectivity index (χ0) is 17.3. The molecule has 0 atom stereocenters.